The summed E-state index contributed by atoms with van der Waals surface area (Å²) >= 11 is 1.82. The Labute approximate surface area is 113 Å². The summed E-state index contributed by atoms with van der Waals surface area (Å²) in [5.74, 6) is 1.16. The topological polar surface area (TPSA) is 37.3 Å². The Kier molecular flexibility index (Phi) is 4.27. The van der Waals surface area contributed by atoms with Crippen LogP contribution >= 0.6 is 11.8 Å². The molecule has 1 unspecified atom stereocenters. The summed E-state index contributed by atoms with van der Waals surface area (Å²) in [5, 5.41) is 4.63. The number of nitrogens with zero attached hydrogens (tertiary/aromatic N) is 2. The molecule has 18 heavy (non-hydrogen) atoms. The third-order valence-corrected chi connectivity index (χ3v) is 4.37. The fraction of sp³-hybridized carbons (Fsp3) is 0.571. The van der Waals surface area contributed by atoms with Crippen LogP contribution in [0.1, 0.15) is 37.9 Å². The Morgan fingerprint density at radius 3 is 3.00 bits per heavy atom. The zero-order valence-electron chi connectivity index (χ0n) is 11.4. The van der Waals surface area contributed by atoms with Crippen LogP contribution in [0.5, 0.6) is 0 Å². The molecule has 0 aromatic carbocycles. The number of aryl methyl sites for hydroxylation is 1. The van der Waals surface area contributed by atoms with Gasteiger partial charge in [-0.2, -0.15) is 0 Å². The second-order valence-corrected chi connectivity index (χ2v) is 6.15. The van der Waals surface area contributed by atoms with Gasteiger partial charge in [0.15, 0.2) is 5.17 Å². The third-order valence-electron chi connectivity index (χ3n) is 3.46. The summed E-state index contributed by atoms with van der Waals surface area (Å²) in [7, 11) is 0. The Bertz CT molecular complexity index is 427. The molecule has 0 amide bonds. The molecule has 0 bridgehead atoms. The number of hydrogen-bond donors (Lipinski definition) is 1. The molecular weight excluding hydrogens is 242 g/mol. The summed E-state index contributed by atoms with van der Waals surface area (Å²) in [5.41, 5.74) is 2.43. The molecular formula is C14H21N3S. The highest BCUT2D eigenvalue weighted by molar-refractivity contribution is 8.13. The minimum atomic E-state index is 0.218. The van der Waals surface area contributed by atoms with Crippen LogP contribution in [-0.4, -0.2) is 21.4 Å². The number of aliphatic imine (C=N–C) groups is 1. The maximum absolute atomic E-state index is 4.66. The number of rotatable bonds is 3. The third kappa shape index (κ3) is 3.48. The van der Waals surface area contributed by atoms with Gasteiger partial charge in [-0.3, -0.25) is 9.98 Å². The minimum absolute atomic E-state index is 0.218. The molecule has 1 N–H and O–H groups in total. The first-order valence-electron chi connectivity index (χ1n) is 6.48. The Morgan fingerprint density at radius 2 is 2.33 bits per heavy atom. The molecule has 1 aromatic heterocycles. The van der Waals surface area contributed by atoms with E-state index in [0.29, 0.717) is 6.54 Å². The van der Waals surface area contributed by atoms with Crippen LogP contribution in [-0.2, 0) is 6.54 Å². The van der Waals surface area contributed by atoms with Crippen molar-refractivity contribution in [2.24, 2.45) is 4.99 Å². The maximum Gasteiger partial charge on any atom is 0.157 e. The fourth-order valence-corrected chi connectivity index (χ4v) is 3.06. The van der Waals surface area contributed by atoms with Crippen LogP contribution < -0.4 is 5.32 Å². The lowest BCUT2D eigenvalue weighted by atomic mass is 9.96. The second kappa shape index (κ2) is 5.74. The van der Waals surface area contributed by atoms with Crippen molar-refractivity contribution in [3.05, 3.63) is 29.6 Å². The van der Waals surface area contributed by atoms with Gasteiger partial charge in [-0.15, -0.1) is 0 Å². The molecule has 1 aromatic rings. The molecule has 0 aliphatic carbocycles. The van der Waals surface area contributed by atoms with Crippen LogP contribution in [0.25, 0.3) is 0 Å². The van der Waals surface area contributed by atoms with Gasteiger partial charge in [-0.05, 0) is 38.3 Å². The van der Waals surface area contributed by atoms with E-state index >= 15 is 0 Å². The van der Waals surface area contributed by atoms with Crippen molar-refractivity contribution in [1.82, 2.24) is 10.3 Å². The second-order valence-electron chi connectivity index (χ2n) is 5.07. The Morgan fingerprint density at radius 1 is 1.50 bits per heavy atom. The molecule has 1 fully saturated rings. The molecule has 4 heteroatoms. The van der Waals surface area contributed by atoms with Crippen molar-refractivity contribution in [1.29, 1.82) is 0 Å². The molecule has 2 rings (SSSR count). The van der Waals surface area contributed by atoms with Crippen LogP contribution in [0.15, 0.2) is 23.3 Å². The highest BCUT2D eigenvalue weighted by Crippen LogP contribution is 2.25. The van der Waals surface area contributed by atoms with E-state index in [1.807, 2.05) is 30.9 Å². The first kappa shape index (κ1) is 13.4. The Balaban J connectivity index is 1.99. The SMILES string of the molecule is CCC1(C)CCSC(=NCc2ccc(C)nc2)N1. The molecule has 98 valence electrons. The quantitative estimate of drug-likeness (QED) is 0.910. The van der Waals surface area contributed by atoms with Crippen molar-refractivity contribution in [3.63, 3.8) is 0 Å². The van der Waals surface area contributed by atoms with Gasteiger partial charge in [0.1, 0.15) is 0 Å². The highest BCUT2D eigenvalue weighted by Gasteiger charge is 2.27. The predicted octanol–water partition coefficient (Wildman–Crippen LogP) is 3.14. The first-order valence-corrected chi connectivity index (χ1v) is 7.47. The number of aromatic nitrogens is 1. The number of thioether (sulfide) groups is 1. The lowest BCUT2D eigenvalue weighted by Crippen LogP contribution is -2.48. The van der Waals surface area contributed by atoms with Crippen LogP contribution in [0.2, 0.25) is 0 Å². The standard InChI is InChI=1S/C14H21N3S/c1-4-14(3)7-8-18-13(17-14)16-10-12-6-5-11(2)15-9-12/h5-6,9H,4,7-8,10H2,1-3H3,(H,16,17). The van der Waals surface area contributed by atoms with Gasteiger partial charge in [0.2, 0.25) is 0 Å². The van der Waals surface area contributed by atoms with Crippen LogP contribution in [0.3, 0.4) is 0 Å². The zero-order chi connectivity index (χ0) is 13.0. The van der Waals surface area contributed by atoms with Gasteiger partial charge in [-0.1, -0.05) is 24.8 Å². The molecule has 0 saturated carbocycles. The van der Waals surface area contributed by atoms with Crippen molar-refractivity contribution >= 4 is 16.9 Å². The summed E-state index contributed by atoms with van der Waals surface area (Å²) in [6, 6.07) is 4.13. The highest BCUT2D eigenvalue weighted by atomic mass is 32.2. The van der Waals surface area contributed by atoms with Crippen molar-refractivity contribution in [2.75, 3.05) is 5.75 Å². The molecule has 2 heterocycles. The van der Waals surface area contributed by atoms with Gasteiger partial charge in [0, 0.05) is 23.2 Å². The normalized spacial score (nSPS) is 26.1. The van der Waals surface area contributed by atoms with Crippen LogP contribution in [0, 0.1) is 6.92 Å². The lowest BCUT2D eigenvalue weighted by molar-refractivity contribution is 0.390. The molecule has 0 spiro atoms. The zero-order valence-corrected chi connectivity index (χ0v) is 12.2. The predicted molar refractivity (Wildman–Crippen MR) is 79.0 cm³/mol. The van der Waals surface area contributed by atoms with Crippen molar-refractivity contribution < 1.29 is 0 Å². The largest absolute Gasteiger partial charge is 0.360 e. The van der Waals surface area contributed by atoms with E-state index in [0.717, 1.165) is 23.0 Å². The van der Waals surface area contributed by atoms with E-state index in [4.69, 9.17) is 0 Å². The smallest absolute Gasteiger partial charge is 0.157 e. The number of amidine groups is 1. The molecule has 3 nitrogen and oxygen atoms in total. The number of pyridine rings is 1. The lowest BCUT2D eigenvalue weighted by Gasteiger charge is -2.35. The summed E-state index contributed by atoms with van der Waals surface area (Å²) in [6.45, 7) is 7.21. The van der Waals surface area contributed by atoms with E-state index in [1.54, 1.807) is 0 Å². The van der Waals surface area contributed by atoms with E-state index in [2.05, 4.69) is 35.2 Å². The molecule has 1 aliphatic heterocycles. The van der Waals surface area contributed by atoms with Gasteiger partial charge in [0.05, 0.1) is 6.54 Å². The van der Waals surface area contributed by atoms with Gasteiger partial charge < -0.3 is 5.32 Å². The molecule has 1 aliphatic rings. The van der Waals surface area contributed by atoms with Crippen molar-refractivity contribution in [3.8, 4) is 0 Å². The van der Waals surface area contributed by atoms with Crippen LogP contribution in [0.4, 0.5) is 0 Å². The minimum Gasteiger partial charge on any atom is -0.360 e. The van der Waals surface area contributed by atoms with Gasteiger partial charge in [-0.25, -0.2) is 0 Å². The fourth-order valence-electron chi connectivity index (χ4n) is 1.84. The molecule has 1 atom stereocenters. The summed E-state index contributed by atoms with van der Waals surface area (Å²) < 4.78 is 0. The number of nitrogens with one attached hydrogen (secondary N) is 1. The summed E-state index contributed by atoms with van der Waals surface area (Å²) in [6.07, 6.45) is 4.25. The first-order chi connectivity index (χ1) is 8.61. The average Bonchev–Trinajstić information content (AvgIpc) is 2.38. The maximum atomic E-state index is 4.66. The van der Waals surface area contributed by atoms with E-state index < -0.39 is 0 Å². The Hall–Kier alpha value is -1.03. The molecule has 0 radical (unpaired) electrons. The van der Waals surface area contributed by atoms with Gasteiger partial charge >= 0.3 is 0 Å². The van der Waals surface area contributed by atoms with E-state index in [9.17, 15) is 0 Å². The average molecular weight is 263 g/mol. The summed E-state index contributed by atoms with van der Waals surface area (Å²) in [4.78, 5) is 8.95. The monoisotopic (exact) mass is 263 g/mol. The van der Waals surface area contributed by atoms with Gasteiger partial charge in [0.25, 0.3) is 0 Å². The van der Waals surface area contributed by atoms with E-state index in [1.165, 1.54) is 12.0 Å². The number of hydrogen-bond acceptors (Lipinski definition) is 3. The van der Waals surface area contributed by atoms with Crippen molar-refractivity contribution in [2.45, 2.75) is 45.7 Å². The van der Waals surface area contributed by atoms with E-state index in [-0.39, 0.29) is 5.54 Å². The molecule has 1 saturated heterocycles.